The van der Waals surface area contributed by atoms with Gasteiger partial charge >= 0.3 is 11.9 Å². The van der Waals surface area contributed by atoms with Crippen molar-refractivity contribution in [3.63, 3.8) is 0 Å². The van der Waals surface area contributed by atoms with E-state index in [1.807, 2.05) is 41.5 Å². The molecule has 0 aromatic carbocycles. The summed E-state index contributed by atoms with van der Waals surface area (Å²) in [4.78, 5) is 62.3. The van der Waals surface area contributed by atoms with E-state index in [4.69, 9.17) is 24.0 Å². The van der Waals surface area contributed by atoms with Crippen molar-refractivity contribution in [2.24, 2.45) is 35.5 Å². The van der Waals surface area contributed by atoms with E-state index in [-0.39, 0.29) is 48.9 Å². The molecule has 1 spiro atoms. The zero-order valence-electron chi connectivity index (χ0n) is 26.6. The Morgan fingerprint density at radius 2 is 1.58 bits per heavy atom. The van der Waals surface area contributed by atoms with Gasteiger partial charge in [-0.1, -0.05) is 41.5 Å². The molecular formula is C31H50N2O10. The van der Waals surface area contributed by atoms with Crippen LogP contribution in [0.3, 0.4) is 0 Å². The number of carbonyl (C=O) groups excluding carboxylic acids is 3. The fourth-order valence-corrected chi connectivity index (χ4v) is 7.35. The van der Waals surface area contributed by atoms with Gasteiger partial charge in [0.2, 0.25) is 23.9 Å². The van der Waals surface area contributed by atoms with Crippen LogP contribution in [-0.2, 0) is 43.2 Å². The predicted octanol–water partition coefficient (Wildman–Crippen LogP) is 3.66. The molecule has 12 heteroatoms. The molecule has 0 aromatic heterocycles. The summed E-state index contributed by atoms with van der Waals surface area (Å²) in [6.07, 6.45) is 2.01. The van der Waals surface area contributed by atoms with Crippen molar-refractivity contribution >= 4 is 23.8 Å². The number of carbonyl (C=O) groups is 4. The van der Waals surface area contributed by atoms with Crippen LogP contribution in [0.15, 0.2) is 0 Å². The second-order valence-corrected chi connectivity index (χ2v) is 14.0. The first-order chi connectivity index (χ1) is 20.1. The first-order valence-electron chi connectivity index (χ1n) is 15.9. The van der Waals surface area contributed by atoms with Crippen LogP contribution in [0.25, 0.3) is 0 Å². The van der Waals surface area contributed by atoms with Crippen LogP contribution in [-0.4, -0.2) is 64.9 Å². The smallest absolute Gasteiger partial charge is 0.326 e. The minimum atomic E-state index is -1.13. The zero-order chi connectivity index (χ0) is 31.7. The number of amides is 2. The van der Waals surface area contributed by atoms with Gasteiger partial charge in [0, 0.05) is 24.7 Å². The predicted molar refractivity (Wildman–Crippen MR) is 153 cm³/mol. The monoisotopic (exact) mass is 610 g/mol. The summed E-state index contributed by atoms with van der Waals surface area (Å²) in [6, 6.07) is -1.98. The number of carboxylic acids is 1. The van der Waals surface area contributed by atoms with Crippen molar-refractivity contribution < 1.29 is 48.3 Å². The molecule has 5 fully saturated rings. The van der Waals surface area contributed by atoms with E-state index in [2.05, 4.69) is 17.6 Å². The Morgan fingerprint density at radius 3 is 2.23 bits per heavy atom. The van der Waals surface area contributed by atoms with Crippen molar-refractivity contribution in [2.45, 2.75) is 136 Å². The molecule has 2 amide bonds. The molecule has 1 saturated carbocycles. The first kappa shape index (κ1) is 33.6. The van der Waals surface area contributed by atoms with Crippen molar-refractivity contribution in [1.29, 1.82) is 0 Å². The molecular weight excluding hydrogens is 560 g/mol. The Labute approximate surface area is 254 Å². The molecule has 2 bridgehead atoms. The Kier molecular flexibility index (Phi) is 10.5. The van der Waals surface area contributed by atoms with Gasteiger partial charge in [-0.3, -0.25) is 14.4 Å². The maximum atomic E-state index is 12.9. The molecule has 4 saturated heterocycles. The quantitative estimate of drug-likeness (QED) is 0.220. The standard InChI is InChI=1S/C31H50N2O10/c1-16(2)14-22(26(36)33-23(27(37)38)15-17(3)4)32-24(34)10-11-25(35)39-28-19(6)21-9-8-18(5)20-12-13-30(7)41-29(40-28)31(20,21)43-42-30/h16-23,28-29H,8-15H2,1-7H3,(H,32,34)(H,33,36)(H,37,38)/t18-,19+,20+,21-,22+,23+,28-,29+,30+,31-/m1/s1. The summed E-state index contributed by atoms with van der Waals surface area (Å²) in [7, 11) is 0. The summed E-state index contributed by atoms with van der Waals surface area (Å²) in [5, 5.41) is 14.7. The normalized spacial score (nSPS) is 36.3. The number of aliphatic carboxylic acids is 1. The number of rotatable bonds is 12. The fraction of sp³-hybridized carbons (Fsp3) is 0.871. The number of fused-ring (bicyclic) bond motifs is 2. The Bertz CT molecular complexity index is 1050. The van der Waals surface area contributed by atoms with Crippen molar-refractivity contribution in [1.82, 2.24) is 10.6 Å². The molecule has 5 rings (SSSR count). The molecule has 10 atom stereocenters. The maximum Gasteiger partial charge on any atom is 0.326 e. The van der Waals surface area contributed by atoms with Gasteiger partial charge in [0.25, 0.3) is 0 Å². The van der Waals surface area contributed by atoms with Gasteiger partial charge < -0.3 is 30.0 Å². The highest BCUT2D eigenvalue weighted by atomic mass is 17.3. The lowest BCUT2D eigenvalue weighted by atomic mass is 9.58. The summed E-state index contributed by atoms with van der Waals surface area (Å²) in [5.74, 6) is -3.21. The van der Waals surface area contributed by atoms with E-state index in [0.29, 0.717) is 18.8 Å². The minimum Gasteiger partial charge on any atom is -0.480 e. The van der Waals surface area contributed by atoms with E-state index >= 15 is 0 Å². The molecule has 0 aromatic rings. The van der Waals surface area contributed by atoms with Crippen LogP contribution >= 0.6 is 0 Å². The molecule has 43 heavy (non-hydrogen) atoms. The number of hydrogen-bond donors (Lipinski definition) is 3. The Morgan fingerprint density at radius 1 is 0.907 bits per heavy atom. The Balaban J connectivity index is 1.34. The molecule has 244 valence electrons. The van der Waals surface area contributed by atoms with Crippen LogP contribution < -0.4 is 10.6 Å². The number of esters is 1. The second-order valence-electron chi connectivity index (χ2n) is 14.0. The topological polar surface area (TPSA) is 159 Å². The van der Waals surface area contributed by atoms with Crippen molar-refractivity contribution in [2.75, 3.05) is 0 Å². The number of carboxylic acid groups (broad SMARTS) is 1. The lowest BCUT2D eigenvalue weighted by Gasteiger charge is -2.59. The molecule has 4 heterocycles. The summed E-state index contributed by atoms with van der Waals surface area (Å²) >= 11 is 0. The molecule has 4 aliphatic heterocycles. The number of ether oxygens (including phenoxy) is 3. The second kappa shape index (κ2) is 13.4. The lowest BCUT2D eigenvalue weighted by molar-refractivity contribution is -0.576. The molecule has 3 N–H and O–H groups in total. The summed E-state index contributed by atoms with van der Waals surface area (Å²) in [5.41, 5.74) is -0.767. The van der Waals surface area contributed by atoms with Crippen LogP contribution in [0.4, 0.5) is 0 Å². The molecule has 0 unspecified atom stereocenters. The van der Waals surface area contributed by atoms with Gasteiger partial charge in [-0.05, 0) is 62.7 Å². The van der Waals surface area contributed by atoms with E-state index in [1.165, 1.54) is 0 Å². The highest BCUT2D eigenvalue weighted by Gasteiger charge is 2.69. The third kappa shape index (κ3) is 7.34. The van der Waals surface area contributed by atoms with Crippen molar-refractivity contribution in [3.8, 4) is 0 Å². The highest BCUT2D eigenvalue weighted by molar-refractivity contribution is 5.91. The van der Waals surface area contributed by atoms with Gasteiger partial charge in [-0.15, -0.1) is 0 Å². The average Bonchev–Trinajstić information content (AvgIpc) is 3.14. The van der Waals surface area contributed by atoms with Gasteiger partial charge in [0.15, 0.2) is 11.9 Å². The third-order valence-electron chi connectivity index (χ3n) is 9.58. The van der Waals surface area contributed by atoms with Crippen LogP contribution in [0.1, 0.15) is 99.8 Å². The minimum absolute atomic E-state index is 0.00294. The largest absolute Gasteiger partial charge is 0.480 e. The van der Waals surface area contributed by atoms with Gasteiger partial charge in [-0.2, -0.15) is 0 Å². The number of hydrogen-bond acceptors (Lipinski definition) is 9. The zero-order valence-corrected chi connectivity index (χ0v) is 26.6. The highest BCUT2D eigenvalue weighted by Crippen LogP contribution is 2.60. The molecule has 12 nitrogen and oxygen atoms in total. The Hall–Kier alpha value is -2.28. The molecule has 1 aliphatic carbocycles. The lowest BCUT2D eigenvalue weighted by Crippen LogP contribution is -2.70. The van der Waals surface area contributed by atoms with Gasteiger partial charge in [0.05, 0.1) is 6.42 Å². The van der Waals surface area contributed by atoms with E-state index in [9.17, 15) is 24.3 Å². The van der Waals surface area contributed by atoms with Gasteiger partial charge in [-0.25, -0.2) is 14.6 Å². The van der Waals surface area contributed by atoms with Gasteiger partial charge in [0.1, 0.15) is 12.1 Å². The fourth-order valence-electron chi connectivity index (χ4n) is 7.35. The maximum absolute atomic E-state index is 12.9. The first-order valence-corrected chi connectivity index (χ1v) is 15.9. The third-order valence-corrected chi connectivity index (χ3v) is 9.58. The van der Waals surface area contributed by atoms with Crippen LogP contribution in [0.2, 0.25) is 0 Å². The van der Waals surface area contributed by atoms with Crippen LogP contribution in [0, 0.1) is 35.5 Å². The van der Waals surface area contributed by atoms with Crippen molar-refractivity contribution in [3.05, 3.63) is 0 Å². The summed E-state index contributed by atoms with van der Waals surface area (Å²) in [6.45, 7) is 13.6. The van der Waals surface area contributed by atoms with Crippen LogP contribution in [0.5, 0.6) is 0 Å². The van der Waals surface area contributed by atoms with E-state index < -0.39 is 59.8 Å². The average molecular weight is 611 g/mol. The molecule has 0 radical (unpaired) electrons. The number of nitrogens with one attached hydrogen (secondary N) is 2. The molecule has 5 aliphatic rings. The van der Waals surface area contributed by atoms with E-state index in [1.54, 1.807) is 0 Å². The SMILES string of the molecule is CC(C)C[C@H](NC(=O)[C@H](CC(C)C)NC(=O)CCC(=O)O[C@@H]1O[C@H]2O[C@]3(C)CC[C@H]4[C@H](C)CC[C@H]([C@@H]1C)[C@@]24OO3)C(=O)O. The summed E-state index contributed by atoms with van der Waals surface area (Å²) < 4.78 is 18.4. The van der Waals surface area contributed by atoms with E-state index in [0.717, 1.165) is 19.3 Å².